The maximum absolute atomic E-state index is 13.6. The molecule has 0 spiro atoms. The van der Waals surface area contributed by atoms with Crippen LogP contribution in [0.4, 0.5) is 4.39 Å². The summed E-state index contributed by atoms with van der Waals surface area (Å²) in [5.74, 6) is -0.251. The third-order valence-corrected chi connectivity index (χ3v) is 3.70. The van der Waals surface area contributed by atoms with Crippen LogP contribution in [0.1, 0.15) is 36.6 Å². The second-order valence-electron chi connectivity index (χ2n) is 4.78. The number of fused-ring (bicyclic) bond motifs is 1. The number of nitrogens with zero attached hydrogens (tertiary/aromatic N) is 2. The minimum atomic E-state index is -0.251. The van der Waals surface area contributed by atoms with E-state index in [1.807, 2.05) is 6.20 Å². The van der Waals surface area contributed by atoms with Gasteiger partial charge < -0.3 is 10.3 Å². The van der Waals surface area contributed by atoms with Crippen LogP contribution in [0.2, 0.25) is 0 Å². The van der Waals surface area contributed by atoms with Gasteiger partial charge in [-0.2, -0.15) is 0 Å². The Hall–Kier alpha value is -1.42. The first-order valence-electron chi connectivity index (χ1n) is 6.07. The number of pyridine rings is 1. The first kappa shape index (κ1) is 10.7. The molecule has 1 fully saturated rings. The summed E-state index contributed by atoms with van der Waals surface area (Å²) >= 11 is 0. The van der Waals surface area contributed by atoms with Crippen LogP contribution >= 0.6 is 0 Å². The van der Waals surface area contributed by atoms with E-state index in [1.165, 1.54) is 19.3 Å². The second-order valence-corrected chi connectivity index (χ2v) is 4.78. The highest BCUT2D eigenvalue weighted by atomic mass is 19.1. The van der Waals surface area contributed by atoms with Crippen molar-refractivity contribution in [2.75, 3.05) is 0 Å². The zero-order chi connectivity index (χ0) is 12.0. The van der Waals surface area contributed by atoms with Crippen molar-refractivity contribution < 1.29 is 4.39 Å². The quantitative estimate of drug-likeness (QED) is 0.866. The lowest BCUT2D eigenvalue weighted by Crippen LogP contribution is -2.16. The Morgan fingerprint density at radius 3 is 2.88 bits per heavy atom. The van der Waals surface area contributed by atoms with E-state index in [-0.39, 0.29) is 5.82 Å². The van der Waals surface area contributed by atoms with Crippen molar-refractivity contribution in [3.63, 3.8) is 0 Å². The van der Waals surface area contributed by atoms with E-state index in [9.17, 15) is 4.39 Å². The van der Waals surface area contributed by atoms with E-state index in [2.05, 4.69) is 9.55 Å². The average molecular weight is 233 g/mol. The number of hydrogen-bond donors (Lipinski definition) is 1. The fourth-order valence-corrected chi connectivity index (χ4v) is 2.41. The zero-order valence-electron chi connectivity index (χ0n) is 9.91. The highest BCUT2D eigenvalue weighted by Gasteiger charge is 2.23. The topological polar surface area (TPSA) is 43.8 Å². The molecule has 0 unspecified atom stereocenters. The van der Waals surface area contributed by atoms with E-state index < -0.39 is 0 Å². The molecule has 2 aromatic rings. The van der Waals surface area contributed by atoms with Gasteiger partial charge in [0.25, 0.3) is 0 Å². The molecular weight excluding hydrogens is 217 g/mol. The van der Waals surface area contributed by atoms with Gasteiger partial charge in [0.15, 0.2) is 0 Å². The Labute approximate surface area is 99.4 Å². The Morgan fingerprint density at radius 1 is 1.53 bits per heavy atom. The van der Waals surface area contributed by atoms with Gasteiger partial charge in [-0.25, -0.2) is 9.37 Å². The zero-order valence-corrected chi connectivity index (χ0v) is 9.91. The smallest absolute Gasteiger partial charge is 0.145 e. The number of aromatic nitrogens is 2. The van der Waals surface area contributed by atoms with Crippen LogP contribution in [0.5, 0.6) is 0 Å². The molecule has 0 bridgehead atoms. The van der Waals surface area contributed by atoms with Crippen molar-refractivity contribution >= 4 is 11.0 Å². The summed E-state index contributed by atoms with van der Waals surface area (Å²) in [6, 6.07) is 2.09. The van der Waals surface area contributed by atoms with Gasteiger partial charge in [0.05, 0.1) is 5.69 Å². The fourth-order valence-electron chi connectivity index (χ4n) is 2.41. The minimum absolute atomic E-state index is 0.251. The maximum Gasteiger partial charge on any atom is 0.145 e. The first-order valence-corrected chi connectivity index (χ1v) is 6.07. The Bertz CT molecular complexity index is 570. The molecule has 1 aliphatic carbocycles. The van der Waals surface area contributed by atoms with E-state index in [0.717, 1.165) is 16.6 Å². The lowest BCUT2D eigenvalue weighted by molar-refractivity contribution is 0.320. The number of halogens is 1. The number of rotatable bonds is 2. The van der Waals surface area contributed by atoms with Gasteiger partial charge in [-0.05, 0) is 37.8 Å². The molecule has 0 aliphatic heterocycles. The maximum atomic E-state index is 13.6. The van der Waals surface area contributed by atoms with Crippen LogP contribution < -0.4 is 5.73 Å². The molecule has 2 heterocycles. The van der Waals surface area contributed by atoms with Crippen molar-refractivity contribution in [3.8, 4) is 0 Å². The molecule has 3 rings (SSSR count). The van der Waals surface area contributed by atoms with Gasteiger partial charge in [0.1, 0.15) is 11.5 Å². The van der Waals surface area contributed by atoms with Crippen molar-refractivity contribution in [1.29, 1.82) is 0 Å². The molecule has 0 aromatic carbocycles. The third-order valence-electron chi connectivity index (χ3n) is 3.70. The van der Waals surface area contributed by atoms with Gasteiger partial charge in [0, 0.05) is 24.2 Å². The predicted octanol–water partition coefficient (Wildman–Crippen LogP) is 2.67. The van der Waals surface area contributed by atoms with Gasteiger partial charge >= 0.3 is 0 Å². The van der Waals surface area contributed by atoms with E-state index in [0.29, 0.717) is 18.3 Å². The van der Waals surface area contributed by atoms with Gasteiger partial charge in [-0.1, -0.05) is 0 Å². The molecule has 0 saturated heterocycles. The van der Waals surface area contributed by atoms with Crippen molar-refractivity contribution in [2.24, 2.45) is 5.73 Å². The molecule has 90 valence electrons. The lowest BCUT2D eigenvalue weighted by Gasteiger charge is -2.27. The van der Waals surface area contributed by atoms with Crippen molar-refractivity contribution in [3.05, 3.63) is 29.3 Å². The monoisotopic (exact) mass is 233 g/mol. The normalized spacial score (nSPS) is 16.4. The summed E-state index contributed by atoms with van der Waals surface area (Å²) < 4.78 is 15.7. The SMILES string of the molecule is Cc1nc2c(cc1F)c(CN)cn2C1CCC1. The van der Waals surface area contributed by atoms with E-state index in [4.69, 9.17) is 5.73 Å². The van der Waals surface area contributed by atoms with Crippen LogP contribution in [0.3, 0.4) is 0 Å². The summed E-state index contributed by atoms with van der Waals surface area (Å²) in [6.07, 6.45) is 5.68. The summed E-state index contributed by atoms with van der Waals surface area (Å²) in [5, 5.41) is 0.863. The van der Waals surface area contributed by atoms with Crippen LogP contribution in [0.25, 0.3) is 11.0 Å². The molecule has 0 amide bonds. The predicted molar refractivity (Wildman–Crippen MR) is 65.2 cm³/mol. The molecule has 4 heteroatoms. The average Bonchev–Trinajstić information content (AvgIpc) is 2.56. The molecule has 3 nitrogen and oxygen atoms in total. The van der Waals surface area contributed by atoms with Crippen molar-refractivity contribution in [1.82, 2.24) is 9.55 Å². The van der Waals surface area contributed by atoms with Crippen LogP contribution in [0, 0.1) is 12.7 Å². The molecule has 17 heavy (non-hydrogen) atoms. The highest BCUT2D eigenvalue weighted by Crippen LogP contribution is 2.35. The van der Waals surface area contributed by atoms with Gasteiger partial charge in [-0.3, -0.25) is 0 Å². The molecule has 0 radical (unpaired) electrons. The van der Waals surface area contributed by atoms with E-state index >= 15 is 0 Å². The largest absolute Gasteiger partial charge is 0.329 e. The molecule has 2 aromatic heterocycles. The number of aryl methyl sites for hydroxylation is 1. The Morgan fingerprint density at radius 2 is 2.29 bits per heavy atom. The minimum Gasteiger partial charge on any atom is -0.329 e. The Kier molecular flexibility index (Phi) is 2.40. The number of nitrogens with two attached hydrogens (primary N) is 1. The van der Waals surface area contributed by atoms with Gasteiger partial charge in [0.2, 0.25) is 0 Å². The third kappa shape index (κ3) is 1.55. The van der Waals surface area contributed by atoms with E-state index in [1.54, 1.807) is 13.0 Å². The lowest BCUT2D eigenvalue weighted by atomic mass is 9.93. The Balaban J connectivity index is 2.25. The summed E-state index contributed by atoms with van der Waals surface area (Å²) in [7, 11) is 0. The van der Waals surface area contributed by atoms with Crippen LogP contribution in [0.15, 0.2) is 12.3 Å². The summed E-state index contributed by atoms with van der Waals surface area (Å²) in [4.78, 5) is 4.38. The van der Waals surface area contributed by atoms with Crippen LogP contribution in [-0.2, 0) is 6.54 Å². The molecule has 1 aliphatic rings. The van der Waals surface area contributed by atoms with Crippen LogP contribution in [-0.4, -0.2) is 9.55 Å². The molecular formula is C13H16FN3. The molecule has 1 saturated carbocycles. The summed E-state index contributed by atoms with van der Waals surface area (Å²) in [6.45, 7) is 2.13. The highest BCUT2D eigenvalue weighted by molar-refractivity contribution is 5.81. The number of hydrogen-bond acceptors (Lipinski definition) is 2. The summed E-state index contributed by atoms with van der Waals surface area (Å²) in [5.41, 5.74) is 8.04. The second kappa shape index (κ2) is 3.81. The first-order chi connectivity index (χ1) is 8.20. The van der Waals surface area contributed by atoms with Gasteiger partial charge in [-0.15, -0.1) is 0 Å². The standard InChI is InChI=1S/C13H16FN3/c1-8-12(14)5-11-9(6-15)7-17(13(11)16-8)10-3-2-4-10/h5,7,10H,2-4,6,15H2,1H3. The molecule has 2 N–H and O–H groups in total. The fraction of sp³-hybridized carbons (Fsp3) is 0.462. The van der Waals surface area contributed by atoms with Crippen molar-refractivity contribution in [2.45, 2.75) is 38.8 Å². The molecule has 0 atom stereocenters.